The normalized spacial score (nSPS) is 13.3. The van der Waals surface area contributed by atoms with Crippen molar-refractivity contribution in [3.05, 3.63) is 42.0 Å². The van der Waals surface area contributed by atoms with Crippen LogP contribution in [0.4, 0.5) is 0 Å². The third kappa shape index (κ3) is 3.70. The zero-order valence-electron chi connectivity index (χ0n) is 9.60. The Kier molecular flexibility index (Phi) is 4.29. The van der Waals surface area contributed by atoms with Gasteiger partial charge in [-0.2, -0.15) is 0 Å². The molecule has 1 nitrogen and oxygen atoms in total. The first-order chi connectivity index (χ1) is 7.11. The lowest BCUT2D eigenvalue weighted by Crippen LogP contribution is -2.14. The molecule has 0 spiro atoms. The van der Waals surface area contributed by atoms with Gasteiger partial charge in [0.15, 0.2) is 0 Å². The summed E-state index contributed by atoms with van der Waals surface area (Å²) >= 11 is 0. The summed E-state index contributed by atoms with van der Waals surface area (Å²) in [6.45, 7) is 5.79. The van der Waals surface area contributed by atoms with Gasteiger partial charge in [-0.25, -0.2) is 0 Å². The van der Waals surface area contributed by atoms with Crippen LogP contribution in [0.15, 0.2) is 36.4 Å². The van der Waals surface area contributed by atoms with Gasteiger partial charge in [-0.15, -0.1) is 0 Å². The standard InChI is InChI=1S/C14H18O/c1-11(2)14(12(3)15)10-9-13-7-5-4-6-8-13/h4-11,14H,1-3H3/b10-9+. The van der Waals surface area contributed by atoms with Crippen molar-refractivity contribution in [2.45, 2.75) is 20.8 Å². The molecule has 0 aromatic heterocycles. The molecule has 0 aliphatic heterocycles. The van der Waals surface area contributed by atoms with Crippen LogP contribution in [-0.4, -0.2) is 5.78 Å². The lowest BCUT2D eigenvalue weighted by atomic mass is 9.91. The Morgan fingerprint density at radius 3 is 2.27 bits per heavy atom. The number of hydrogen-bond donors (Lipinski definition) is 0. The largest absolute Gasteiger partial charge is 0.299 e. The first-order valence-electron chi connectivity index (χ1n) is 5.35. The van der Waals surface area contributed by atoms with Gasteiger partial charge >= 0.3 is 0 Å². The zero-order valence-corrected chi connectivity index (χ0v) is 9.60. The van der Waals surface area contributed by atoms with E-state index in [9.17, 15) is 4.79 Å². The highest BCUT2D eigenvalue weighted by molar-refractivity contribution is 5.81. The Hall–Kier alpha value is -1.37. The summed E-state index contributed by atoms with van der Waals surface area (Å²) in [5.74, 6) is 0.629. The van der Waals surface area contributed by atoms with Crippen molar-refractivity contribution in [1.82, 2.24) is 0 Å². The molecule has 80 valence electrons. The lowest BCUT2D eigenvalue weighted by molar-refractivity contribution is -0.120. The van der Waals surface area contributed by atoms with Gasteiger partial charge in [-0.3, -0.25) is 4.79 Å². The minimum atomic E-state index is 0.0326. The molecule has 0 heterocycles. The van der Waals surface area contributed by atoms with Crippen LogP contribution in [0.5, 0.6) is 0 Å². The lowest BCUT2D eigenvalue weighted by Gasteiger charge is -2.12. The minimum Gasteiger partial charge on any atom is -0.299 e. The molecular formula is C14H18O. The second-order valence-corrected chi connectivity index (χ2v) is 4.15. The number of carbonyl (C=O) groups excluding carboxylic acids is 1. The highest BCUT2D eigenvalue weighted by atomic mass is 16.1. The molecule has 1 unspecified atom stereocenters. The molecule has 0 amide bonds. The minimum absolute atomic E-state index is 0.0326. The number of benzene rings is 1. The molecule has 0 saturated carbocycles. The maximum Gasteiger partial charge on any atom is 0.136 e. The molecule has 1 atom stereocenters. The summed E-state index contributed by atoms with van der Waals surface area (Å²) in [5, 5.41) is 0. The monoisotopic (exact) mass is 202 g/mol. The molecule has 0 aliphatic rings. The summed E-state index contributed by atoms with van der Waals surface area (Å²) in [5.41, 5.74) is 1.14. The number of hydrogen-bond acceptors (Lipinski definition) is 1. The first kappa shape index (κ1) is 11.7. The Morgan fingerprint density at radius 2 is 1.80 bits per heavy atom. The molecule has 1 heteroatoms. The Balaban J connectivity index is 2.75. The van der Waals surface area contributed by atoms with Crippen molar-refractivity contribution >= 4 is 11.9 Å². The Labute approximate surface area is 91.8 Å². The summed E-state index contributed by atoms with van der Waals surface area (Å²) in [6.07, 6.45) is 4.02. The van der Waals surface area contributed by atoms with Crippen LogP contribution in [0.2, 0.25) is 0 Å². The summed E-state index contributed by atoms with van der Waals surface area (Å²) in [4.78, 5) is 11.4. The number of allylic oxidation sites excluding steroid dienone is 1. The van der Waals surface area contributed by atoms with Crippen LogP contribution in [-0.2, 0) is 4.79 Å². The molecule has 1 aromatic carbocycles. The maximum absolute atomic E-state index is 11.4. The first-order valence-corrected chi connectivity index (χ1v) is 5.35. The van der Waals surface area contributed by atoms with Gasteiger partial charge in [0.1, 0.15) is 5.78 Å². The van der Waals surface area contributed by atoms with E-state index in [4.69, 9.17) is 0 Å². The molecular weight excluding hydrogens is 184 g/mol. The van der Waals surface area contributed by atoms with Crippen molar-refractivity contribution in [3.8, 4) is 0 Å². The van der Waals surface area contributed by atoms with E-state index in [0.717, 1.165) is 5.56 Å². The fourth-order valence-electron chi connectivity index (χ4n) is 1.61. The van der Waals surface area contributed by atoms with Crippen LogP contribution in [0.1, 0.15) is 26.3 Å². The molecule has 0 bridgehead atoms. The highest BCUT2D eigenvalue weighted by Crippen LogP contribution is 2.15. The van der Waals surface area contributed by atoms with Crippen LogP contribution >= 0.6 is 0 Å². The summed E-state index contributed by atoms with van der Waals surface area (Å²) < 4.78 is 0. The Morgan fingerprint density at radius 1 is 1.20 bits per heavy atom. The predicted molar refractivity (Wildman–Crippen MR) is 64.5 cm³/mol. The van der Waals surface area contributed by atoms with E-state index in [1.54, 1.807) is 6.92 Å². The molecule has 0 aliphatic carbocycles. The van der Waals surface area contributed by atoms with E-state index >= 15 is 0 Å². The van der Waals surface area contributed by atoms with E-state index in [-0.39, 0.29) is 11.7 Å². The molecule has 0 saturated heterocycles. The van der Waals surface area contributed by atoms with Gasteiger partial charge in [0.05, 0.1) is 0 Å². The second-order valence-electron chi connectivity index (χ2n) is 4.15. The van der Waals surface area contributed by atoms with Crippen molar-refractivity contribution in [3.63, 3.8) is 0 Å². The van der Waals surface area contributed by atoms with Gasteiger partial charge in [-0.05, 0) is 18.4 Å². The fourth-order valence-corrected chi connectivity index (χ4v) is 1.61. The summed E-state index contributed by atoms with van der Waals surface area (Å²) in [6, 6.07) is 10.1. The molecule has 0 N–H and O–H groups in total. The van der Waals surface area contributed by atoms with Gasteiger partial charge in [0.2, 0.25) is 0 Å². The SMILES string of the molecule is CC(=O)C(/C=C/c1ccccc1)C(C)C. The Bertz CT molecular complexity index is 336. The predicted octanol–water partition coefficient (Wildman–Crippen LogP) is 3.56. The number of carbonyl (C=O) groups is 1. The van der Waals surface area contributed by atoms with Crippen LogP contribution in [0, 0.1) is 11.8 Å². The number of ketones is 1. The van der Waals surface area contributed by atoms with E-state index in [1.165, 1.54) is 0 Å². The van der Waals surface area contributed by atoms with E-state index in [1.807, 2.05) is 42.5 Å². The van der Waals surface area contributed by atoms with E-state index in [0.29, 0.717) is 5.92 Å². The molecule has 0 radical (unpaired) electrons. The molecule has 1 aromatic rings. The van der Waals surface area contributed by atoms with Crippen LogP contribution in [0.3, 0.4) is 0 Å². The van der Waals surface area contributed by atoms with Crippen molar-refractivity contribution in [2.24, 2.45) is 11.8 Å². The summed E-state index contributed by atoms with van der Waals surface area (Å²) in [7, 11) is 0. The molecule has 15 heavy (non-hydrogen) atoms. The quantitative estimate of drug-likeness (QED) is 0.729. The van der Waals surface area contributed by atoms with Gasteiger partial charge in [-0.1, -0.05) is 56.3 Å². The topological polar surface area (TPSA) is 17.1 Å². The average molecular weight is 202 g/mol. The molecule has 1 rings (SSSR count). The van der Waals surface area contributed by atoms with Gasteiger partial charge in [0.25, 0.3) is 0 Å². The highest BCUT2D eigenvalue weighted by Gasteiger charge is 2.14. The number of rotatable bonds is 4. The van der Waals surface area contributed by atoms with Gasteiger partial charge in [0, 0.05) is 5.92 Å². The van der Waals surface area contributed by atoms with Crippen LogP contribution in [0.25, 0.3) is 6.08 Å². The third-order valence-electron chi connectivity index (χ3n) is 2.48. The van der Waals surface area contributed by atoms with E-state index in [2.05, 4.69) is 13.8 Å². The maximum atomic E-state index is 11.4. The average Bonchev–Trinajstić information content (AvgIpc) is 2.18. The second kappa shape index (κ2) is 5.50. The number of Topliss-reactive ketones (excluding diaryl/α,β-unsaturated/α-hetero) is 1. The van der Waals surface area contributed by atoms with E-state index < -0.39 is 0 Å². The molecule has 0 fully saturated rings. The van der Waals surface area contributed by atoms with Crippen molar-refractivity contribution in [2.75, 3.05) is 0 Å². The van der Waals surface area contributed by atoms with Crippen LogP contribution < -0.4 is 0 Å². The van der Waals surface area contributed by atoms with Crippen molar-refractivity contribution in [1.29, 1.82) is 0 Å². The fraction of sp³-hybridized carbons (Fsp3) is 0.357. The van der Waals surface area contributed by atoms with Gasteiger partial charge < -0.3 is 0 Å². The van der Waals surface area contributed by atoms with Crippen molar-refractivity contribution < 1.29 is 4.79 Å². The smallest absolute Gasteiger partial charge is 0.136 e. The zero-order chi connectivity index (χ0) is 11.3. The third-order valence-corrected chi connectivity index (χ3v) is 2.48.